The average Bonchev–Trinajstić information content (AvgIpc) is 2.69. The van der Waals surface area contributed by atoms with E-state index in [9.17, 15) is 23.3 Å². The van der Waals surface area contributed by atoms with Crippen molar-refractivity contribution in [3.63, 3.8) is 0 Å². The number of hydrogen-bond acceptors (Lipinski definition) is 6. The maximum Gasteiger partial charge on any atom is 0.416 e. The third-order valence-corrected chi connectivity index (χ3v) is 4.72. The number of hydrogen-bond donors (Lipinski definition) is 2. The fraction of sp³-hybridized carbons (Fsp3) is 0.200. The van der Waals surface area contributed by atoms with Crippen LogP contribution in [-0.2, 0) is 6.18 Å². The van der Waals surface area contributed by atoms with E-state index in [0.717, 1.165) is 30.1 Å². The van der Waals surface area contributed by atoms with Gasteiger partial charge in [0.25, 0.3) is 0 Å². The molecule has 11 heteroatoms. The molecule has 0 aliphatic carbocycles. The van der Waals surface area contributed by atoms with Crippen LogP contribution < -0.4 is 10.6 Å². The maximum absolute atomic E-state index is 13.0. The van der Waals surface area contributed by atoms with Crippen LogP contribution in [0.1, 0.15) is 30.9 Å². The number of aromatic nitrogens is 2. The highest BCUT2D eigenvalue weighted by Crippen LogP contribution is 2.38. The quantitative estimate of drug-likeness (QED) is 0.321. The highest BCUT2D eigenvalue weighted by Gasteiger charge is 2.31. The molecular weight excluding hydrogens is 435 g/mol. The molecule has 0 aliphatic rings. The van der Waals surface area contributed by atoms with Crippen LogP contribution in [0.25, 0.3) is 0 Å². The van der Waals surface area contributed by atoms with E-state index in [2.05, 4.69) is 20.6 Å². The van der Waals surface area contributed by atoms with E-state index in [-0.39, 0.29) is 22.3 Å². The molecule has 31 heavy (non-hydrogen) atoms. The summed E-state index contributed by atoms with van der Waals surface area (Å²) in [5.41, 5.74) is -0.0346. The van der Waals surface area contributed by atoms with E-state index in [0.29, 0.717) is 11.6 Å². The molecule has 0 atom stereocenters. The zero-order chi connectivity index (χ0) is 22.8. The summed E-state index contributed by atoms with van der Waals surface area (Å²) < 4.78 is 39.0. The van der Waals surface area contributed by atoms with Gasteiger partial charge in [0.1, 0.15) is 6.33 Å². The minimum Gasteiger partial charge on any atom is -0.334 e. The Labute approximate surface area is 180 Å². The molecule has 0 bridgehead atoms. The number of nitrogens with one attached hydrogen (secondary N) is 2. The number of rotatable bonds is 6. The summed E-state index contributed by atoms with van der Waals surface area (Å²) in [6.07, 6.45) is -3.55. The van der Waals surface area contributed by atoms with Gasteiger partial charge in [0.2, 0.25) is 11.6 Å². The molecule has 3 aromatic rings. The van der Waals surface area contributed by atoms with Crippen LogP contribution in [-0.4, -0.2) is 14.9 Å². The molecule has 0 fully saturated rings. The number of halogens is 4. The van der Waals surface area contributed by atoms with Crippen LogP contribution in [0.2, 0.25) is 5.02 Å². The Balaban J connectivity index is 1.97. The zero-order valence-electron chi connectivity index (χ0n) is 16.4. The van der Waals surface area contributed by atoms with E-state index >= 15 is 0 Å². The van der Waals surface area contributed by atoms with Crippen molar-refractivity contribution in [2.75, 3.05) is 10.6 Å². The van der Waals surface area contributed by atoms with Crippen molar-refractivity contribution in [2.24, 2.45) is 0 Å². The summed E-state index contributed by atoms with van der Waals surface area (Å²) in [6, 6.07) is 9.87. The first-order chi connectivity index (χ1) is 14.6. The van der Waals surface area contributed by atoms with Crippen LogP contribution in [0.5, 0.6) is 0 Å². The van der Waals surface area contributed by atoms with E-state index in [1.54, 1.807) is 12.1 Å². The third-order valence-electron chi connectivity index (χ3n) is 4.39. The minimum absolute atomic E-state index is 0.0558. The highest BCUT2D eigenvalue weighted by molar-refractivity contribution is 6.33. The minimum atomic E-state index is -4.60. The van der Waals surface area contributed by atoms with Crippen molar-refractivity contribution in [3.05, 3.63) is 75.1 Å². The largest absolute Gasteiger partial charge is 0.416 e. The van der Waals surface area contributed by atoms with Gasteiger partial charge in [-0.25, -0.2) is 9.97 Å². The molecule has 0 amide bonds. The summed E-state index contributed by atoms with van der Waals surface area (Å²) in [4.78, 5) is 18.7. The first-order valence-electron chi connectivity index (χ1n) is 9.06. The van der Waals surface area contributed by atoms with Gasteiger partial charge in [0, 0.05) is 5.69 Å². The molecule has 3 rings (SSSR count). The van der Waals surface area contributed by atoms with Gasteiger partial charge in [-0.15, -0.1) is 0 Å². The topological polar surface area (TPSA) is 93.0 Å². The molecular formula is C20H17ClF3N5O2. The SMILES string of the molecule is CC(C)c1ccc(Nc2ncnc(Nc3cc(C(F)(F)F)ccc3Cl)c2[N+](=O)[O-])cc1. The van der Waals surface area contributed by atoms with E-state index in [1.807, 2.05) is 26.0 Å². The molecule has 1 aromatic heterocycles. The van der Waals surface area contributed by atoms with Gasteiger partial charge in [0.05, 0.1) is 21.2 Å². The summed E-state index contributed by atoms with van der Waals surface area (Å²) in [7, 11) is 0. The van der Waals surface area contributed by atoms with E-state index < -0.39 is 22.4 Å². The van der Waals surface area contributed by atoms with Gasteiger partial charge >= 0.3 is 11.9 Å². The Morgan fingerprint density at radius 2 is 1.65 bits per heavy atom. The number of anilines is 4. The molecule has 162 valence electrons. The second-order valence-electron chi connectivity index (χ2n) is 6.90. The lowest BCUT2D eigenvalue weighted by Crippen LogP contribution is -2.08. The second kappa shape index (κ2) is 8.76. The standard InChI is InChI=1S/C20H17ClF3N5O2/c1-11(2)12-3-6-14(7-4-12)27-18-17(29(30)31)19(26-10-25-18)28-16-9-13(20(22,23)24)5-8-15(16)21/h3-11H,1-2H3,(H2,25,26,27,28). The molecule has 2 N–H and O–H groups in total. The van der Waals surface area contributed by atoms with E-state index in [1.165, 1.54) is 0 Å². The number of nitrogens with zero attached hydrogens (tertiary/aromatic N) is 3. The molecule has 7 nitrogen and oxygen atoms in total. The van der Waals surface area contributed by atoms with Crippen LogP contribution in [0.3, 0.4) is 0 Å². The van der Waals surface area contributed by atoms with Gasteiger partial charge in [0.15, 0.2) is 0 Å². The number of benzene rings is 2. The Bertz CT molecular complexity index is 1100. The number of nitro groups is 1. The van der Waals surface area contributed by atoms with Gasteiger partial charge in [-0.3, -0.25) is 10.1 Å². The Morgan fingerprint density at radius 3 is 2.19 bits per heavy atom. The molecule has 1 heterocycles. The predicted octanol–water partition coefficient (Wildman–Crippen LogP) is 6.67. The van der Waals surface area contributed by atoms with Crippen LogP contribution in [0, 0.1) is 10.1 Å². The van der Waals surface area contributed by atoms with Crippen molar-refractivity contribution in [3.8, 4) is 0 Å². The monoisotopic (exact) mass is 451 g/mol. The summed E-state index contributed by atoms with van der Waals surface area (Å²) >= 11 is 5.98. The maximum atomic E-state index is 13.0. The lowest BCUT2D eigenvalue weighted by atomic mass is 10.0. The smallest absolute Gasteiger partial charge is 0.334 e. The zero-order valence-corrected chi connectivity index (χ0v) is 17.1. The van der Waals surface area contributed by atoms with Gasteiger partial charge in [-0.05, 0) is 41.8 Å². The summed E-state index contributed by atoms with van der Waals surface area (Å²) in [6.45, 7) is 4.07. The van der Waals surface area contributed by atoms with Crippen molar-refractivity contribution >= 4 is 40.3 Å². The molecule has 0 saturated heterocycles. The van der Waals surface area contributed by atoms with Crippen molar-refractivity contribution in [1.82, 2.24) is 9.97 Å². The lowest BCUT2D eigenvalue weighted by molar-refractivity contribution is -0.383. The summed E-state index contributed by atoms with van der Waals surface area (Å²) in [5, 5.41) is 17.0. The Morgan fingerprint density at radius 1 is 1.03 bits per heavy atom. The van der Waals surface area contributed by atoms with Crippen molar-refractivity contribution in [1.29, 1.82) is 0 Å². The third kappa shape index (κ3) is 5.21. The van der Waals surface area contributed by atoms with Crippen molar-refractivity contribution in [2.45, 2.75) is 25.9 Å². The second-order valence-corrected chi connectivity index (χ2v) is 7.30. The average molecular weight is 452 g/mol. The number of alkyl halides is 3. The first-order valence-corrected chi connectivity index (χ1v) is 9.44. The lowest BCUT2D eigenvalue weighted by Gasteiger charge is -2.13. The molecule has 0 saturated carbocycles. The highest BCUT2D eigenvalue weighted by atomic mass is 35.5. The molecule has 2 aromatic carbocycles. The van der Waals surface area contributed by atoms with Gasteiger partial charge in [-0.2, -0.15) is 13.2 Å². The molecule has 0 aliphatic heterocycles. The molecule has 0 unspecified atom stereocenters. The van der Waals surface area contributed by atoms with Crippen molar-refractivity contribution < 1.29 is 18.1 Å². The molecule has 0 radical (unpaired) electrons. The molecule has 0 spiro atoms. The Kier molecular flexibility index (Phi) is 6.30. The normalized spacial score (nSPS) is 11.5. The Hall–Kier alpha value is -3.40. The van der Waals surface area contributed by atoms with Crippen LogP contribution in [0.15, 0.2) is 48.8 Å². The van der Waals surface area contributed by atoms with Crippen LogP contribution >= 0.6 is 11.6 Å². The fourth-order valence-electron chi connectivity index (χ4n) is 2.75. The fourth-order valence-corrected chi connectivity index (χ4v) is 2.91. The first kappa shape index (κ1) is 22.3. The van der Waals surface area contributed by atoms with Gasteiger partial charge in [-0.1, -0.05) is 37.6 Å². The van der Waals surface area contributed by atoms with Crippen LogP contribution in [0.4, 0.5) is 41.9 Å². The van der Waals surface area contributed by atoms with E-state index in [4.69, 9.17) is 11.6 Å². The van der Waals surface area contributed by atoms with Gasteiger partial charge < -0.3 is 10.6 Å². The summed E-state index contributed by atoms with van der Waals surface area (Å²) in [5.74, 6) is -0.110. The predicted molar refractivity (Wildman–Crippen MR) is 112 cm³/mol.